The summed E-state index contributed by atoms with van der Waals surface area (Å²) in [6.45, 7) is 1.25. The van der Waals surface area contributed by atoms with Crippen LogP contribution in [-0.2, 0) is 4.79 Å². The molecule has 4 rings (SSSR count). The number of piperidine rings is 1. The van der Waals surface area contributed by atoms with Gasteiger partial charge < -0.3 is 19.4 Å². The predicted octanol–water partition coefficient (Wildman–Crippen LogP) is 2.71. The van der Waals surface area contributed by atoms with Crippen molar-refractivity contribution in [2.24, 2.45) is 5.92 Å². The summed E-state index contributed by atoms with van der Waals surface area (Å²) in [5, 5.41) is 2.86. The molecular formula is C19H21N3O4. The molecule has 0 atom stereocenters. The third-order valence-electron chi connectivity index (χ3n) is 4.70. The molecule has 7 nitrogen and oxygen atoms in total. The SMILES string of the molecule is O=C(Nc1ccc(OC2CCN(C(=O)c3ccco3)CC2)nc1)C1CC1. The van der Waals surface area contributed by atoms with Crippen molar-refractivity contribution in [1.82, 2.24) is 9.88 Å². The van der Waals surface area contributed by atoms with Gasteiger partial charge in [-0.2, -0.15) is 0 Å². The van der Waals surface area contributed by atoms with E-state index in [1.807, 2.05) is 0 Å². The van der Waals surface area contributed by atoms with Crippen molar-refractivity contribution in [3.05, 3.63) is 42.5 Å². The Balaban J connectivity index is 1.26. The van der Waals surface area contributed by atoms with Gasteiger partial charge in [-0.15, -0.1) is 0 Å². The number of nitrogens with zero attached hydrogens (tertiary/aromatic N) is 2. The van der Waals surface area contributed by atoms with Gasteiger partial charge in [0.05, 0.1) is 18.1 Å². The molecule has 1 aliphatic carbocycles. The molecule has 2 aliphatic rings. The van der Waals surface area contributed by atoms with Crippen LogP contribution in [0.4, 0.5) is 5.69 Å². The average molecular weight is 355 g/mol. The van der Waals surface area contributed by atoms with Crippen molar-refractivity contribution >= 4 is 17.5 Å². The van der Waals surface area contributed by atoms with E-state index in [0.717, 1.165) is 25.7 Å². The van der Waals surface area contributed by atoms with E-state index in [0.29, 0.717) is 30.4 Å². The van der Waals surface area contributed by atoms with Gasteiger partial charge in [-0.1, -0.05) is 0 Å². The van der Waals surface area contributed by atoms with Crippen molar-refractivity contribution in [2.75, 3.05) is 18.4 Å². The quantitative estimate of drug-likeness (QED) is 0.891. The maximum atomic E-state index is 12.2. The number of amides is 2. The minimum atomic E-state index is -0.0812. The molecule has 1 saturated carbocycles. The number of hydrogen-bond acceptors (Lipinski definition) is 5. The molecule has 0 radical (unpaired) electrons. The number of nitrogens with one attached hydrogen (secondary N) is 1. The van der Waals surface area contributed by atoms with E-state index in [2.05, 4.69) is 10.3 Å². The van der Waals surface area contributed by atoms with Crippen LogP contribution in [0.5, 0.6) is 5.88 Å². The number of carbonyl (C=O) groups is 2. The highest BCUT2D eigenvalue weighted by Gasteiger charge is 2.29. The molecule has 1 saturated heterocycles. The van der Waals surface area contributed by atoms with Crippen molar-refractivity contribution in [2.45, 2.75) is 31.8 Å². The van der Waals surface area contributed by atoms with E-state index in [9.17, 15) is 9.59 Å². The molecule has 0 bridgehead atoms. The largest absolute Gasteiger partial charge is 0.474 e. The third kappa shape index (κ3) is 3.87. The van der Waals surface area contributed by atoms with Crippen LogP contribution in [0.1, 0.15) is 36.2 Å². The van der Waals surface area contributed by atoms with Crippen molar-refractivity contribution in [3.63, 3.8) is 0 Å². The fourth-order valence-corrected chi connectivity index (χ4v) is 3.02. The molecule has 0 unspecified atom stereocenters. The highest BCUT2D eigenvalue weighted by molar-refractivity contribution is 5.93. The molecular weight excluding hydrogens is 334 g/mol. The highest BCUT2D eigenvalue weighted by atomic mass is 16.5. The fourth-order valence-electron chi connectivity index (χ4n) is 3.02. The Morgan fingerprint density at radius 1 is 1.15 bits per heavy atom. The van der Waals surface area contributed by atoms with E-state index < -0.39 is 0 Å². The van der Waals surface area contributed by atoms with Crippen LogP contribution in [0, 0.1) is 5.92 Å². The Bertz CT molecular complexity index is 761. The zero-order valence-electron chi connectivity index (χ0n) is 14.4. The van der Waals surface area contributed by atoms with Gasteiger partial charge in [0.1, 0.15) is 6.10 Å². The van der Waals surface area contributed by atoms with Gasteiger partial charge in [-0.3, -0.25) is 9.59 Å². The second kappa shape index (κ2) is 7.19. The summed E-state index contributed by atoms with van der Waals surface area (Å²) in [6.07, 6.45) is 6.58. The average Bonchev–Trinajstić information content (AvgIpc) is 3.38. The number of furan rings is 1. The first-order valence-electron chi connectivity index (χ1n) is 8.95. The van der Waals surface area contributed by atoms with E-state index in [-0.39, 0.29) is 23.8 Å². The summed E-state index contributed by atoms with van der Waals surface area (Å²) < 4.78 is 11.1. The normalized spacial score (nSPS) is 17.8. The Morgan fingerprint density at radius 3 is 2.58 bits per heavy atom. The van der Waals surface area contributed by atoms with Gasteiger partial charge in [-0.05, 0) is 31.0 Å². The standard InChI is InChI=1S/C19H21N3O4/c23-18(13-3-4-13)21-14-5-6-17(20-12-14)26-15-7-9-22(10-8-15)19(24)16-2-1-11-25-16/h1-2,5-6,11-13,15H,3-4,7-10H2,(H,21,23). The van der Waals surface area contributed by atoms with E-state index in [4.69, 9.17) is 9.15 Å². The third-order valence-corrected chi connectivity index (χ3v) is 4.70. The summed E-state index contributed by atoms with van der Waals surface area (Å²) in [5.41, 5.74) is 0.688. The fraction of sp³-hybridized carbons (Fsp3) is 0.421. The molecule has 7 heteroatoms. The van der Waals surface area contributed by atoms with Gasteiger partial charge in [0, 0.05) is 37.9 Å². The van der Waals surface area contributed by atoms with Gasteiger partial charge in [-0.25, -0.2) is 4.98 Å². The Labute approximate surface area is 151 Å². The number of aromatic nitrogens is 1. The van der Waals surface area contributed by atoms with Crippen molar-refractivity contribution in [3.8, 4) is 5.88 Å². The van der Waals surface area contributed by atoms with Gasteiger partial charge in [0.25, 0.3) is 5.91 Å². The number of hydrogen-bond donors (Lipinski definition) is 1. The Kier molecular flexibility index (Phi) is 4.60. The molecule has 136 valence electrons. The van der Waals surface area contributed by atoms with Crippen LogP contribution in [0.2, 0.25) is 0 Å². The Morgan fingerprint density at radius 2 is 1.96 bits per heavy atom. The molecule has 2 aromatic rings. The first kappa shape index (κ1) is 16.6. The summed E-state index contributed by atoms with van der Waals surface area (Å²) in [7, 11) is 0. The molecule has 3 heterocycles. The molecule has 2 aromatic heterocycles. The zero-order chi connectivity index (χ0) is 17.9. The zero-order valence-corrected chi connectivity index (χ0v) is 14.4. The topological polar surface area (TPSA) is 84.7 Å². The van der Waals surface area contributed by atoms with Crippen LogP contribution < -0.4 is 10.1 Å². The van der Waals surface area contributed by atoms with Crippen molar-refractivity contribution in [1.29, 1.82) is 0 Å². The van der Waals surface area contributed by atoms with Crippen LogP contribution >= 0.6 is 0 Å². The summed E-state index contributed by atoms with van der Waals surface area (Å²) in [5.74, 6) is 1.05. The van der Waals surface area contributed by atoms with Crippen LogP contribution in [0.25, 0.3) is 0 Å². The number of likely N-dealkylation sites (tertiary alicyclic amines) is 1. The smallest absolute Gasteiger partial charge is 0.289 e. The molecule has 2 fully saturated rings. The second-order valence-electron chi connectivity index (χ2n) is 6.74. The number of ether oxygens (including phenoxy) is 1. The monoisotopic (exact) mass is 355 g/mol. The van der Waals surface area contributed by atoms with Crippen molar-refractivity contribution < 1.29 is 18.7 Å². The van der Waals surface area contributed by atoms with Crippen LogP contribution in [0.3, 0.4) is 0 Å². The lowest BCUT2D eigenvalue weighted by molar-refractivity contribution is -0.117. The van der Waals surface area contributed by atoms with E-state index in [1.54, 1.807) is 35.4 Å². The molecule has 2 amide bonds. The maximum absolute atomic E-state index is 12.2. The predicted molar refractivity (Wildman–Crippen MR) is 93.9 cm³/mol. The highest BCUT2D eigenvalue weighted by Crippen LogP contribution is 2.30. The Hall–Kier alpha value is -2.83. The summed E-state index contributed by atoms with van der Waals surface area (Å²) in [4.78, 5) is 30.0. The number of rotatable bonds is 5. The minimum Gasteiger partial charge on any atom is -0.474 e. The summed E-state index contributed by atoms with van der Waals surface area (Å²) in [6, 6.07) is 6.96. The minimum absolute atomic E-state index is 0.0232. The molecule has 0 aromatic carbocycles. The maximum Gasteiger partial charge on any atom is 0.289 e. The van der Waals surface area contributed by atoms with Crippen LogP contribution in [-0.4, -0.2) is 40.9 Å². The van der Waals surface area contributed by atoms with E-state index in [1.165, 1.54) is 6.26 Å². The summed E-state index contributed by atoms with van der Waals surface area (Å²) >= 11 is 0. The van der Waals surface area contributed by atoms with Gasteiger partial charge >= 0.3 is 0 Å². The number of anilines is 1. The van der Waals surface area contributed by atoms with Gasteiger partial charge in [0.15, 0.2) is 5.76 Å². The lowest BCUT2D eigenvalue weighted by Gasteiger charge is -2.31. The molecule has 0 spiro atoms. The second-order valence-corrected chi connectivity index (χ2v) is 6.74. The lowest BCUT2D eigenvalue weighted by Crippen LogP contribution is -2.41. The number of pyridine rings is 1. The molecule has 1 aliphatic heterocycles. The van der Waals surface area contributed by atoms with Gasteiger partial charge in [0.2, 0.25) is 11.8 Å². The van der Waals surface area contributed by atoms with Crippen LogP contribution in [0.15, 0.2) is 41.1 Å². The molecule has 1 N–H and O–H groups in total. The van der Waals surface area contributed by atoms with E-state index >= 15 is 0 Å². The number of carbonyl (C=O) groups excluding carboxylic acids is 2. The first-order chi connectivity index (χ1) is 12.7. The molecule has 26 heavy (non-hydrogen) atoms. The lowest BCUT2D eigenvalue weighted by atomic mass is 10.1. The first-order valence-corrected chi connectivity index (χ1v) is 8.95.